The Bertz CT molecular complexity index is 781. The molecule has 0 aliphatic heterocycles. The van der Waals surface area contributed by atoms with Crippen molar-refractivity contribution in [3.8, 4) is 0 Å². The number of ether oxygens (including phenoxy) is 1. The summed E-state index contributed by atoms with van der Waals surface area (Å²) in [6, 6.07) is 1.71. The van der Waals surface area contributed by atoms with E-state index in [1.165, 1.54) is 7.11 Å². The number of hydrogen-bond donors (Lipinski definition) is 1. The minimum absolute atomic E-state index is 0.341. The van der Waals surface area contributed by atoms with Crippen LogP contribution in [-0.4, -0.2) is 39.3 Å². The van der Waals surface area contributed by atoms with E-state index in [1.54, 1.807) is 24.7 Å². The lowest BCUT2D eigenvalue weighted by Crippen LogP contribution is -2.52. The van der Waals surface area contributed by atoms with Crippen molar-refractivity contribution in [3.05, 3.63) is 23.0 Å². The fraction of sp³-hybridized carbons (Fsp3) is 0.500. The third-order valence-corrected chi connectivity index (χ3v) is 4.07. The molecule has 2 aromatic heterocycles. The molecule has 0 saturated heterocycles. The molecule has 124 valence electrons. The first-order chi connectivity index (χ1) is 10.7. The monoisotopic (exact) mass is 318 g/mol. The Hall–Kier alpha value is -2.44. The number of aryl methyl sites for hydroxylation is 3. The number of aromatic nitrogens is 3. The van der Waals surface area contributed by atoms with Gasteiger partial charge < -0.3 is 10.1 Å². The molecule has 0 spiro atoms. The Morgan fingerprint density at radius 2 is 2.04 bits per heavy atom. The predicted molar refractivity (Wildman–Crippen MR) is 86.2 cm³/mol. The number of carbonyl (C=O) groups is 2. The molecule has 0 unspecified atom stereocenters. The van der Waals surface area contributed by atoms with Crippen molar-refractivity contribution >= 4 is 22.9 Å². The summed E-state index contributed by atoms with van der Waals surface area (Å²) in [6.07, 6.45) is 0.421. The maximum Gasteiger partial charge on any atom is 0.331 e. The van der Waals surface area contributed by atoms with Crippen molar-refractivity contribution < 1.29 is 14.3 Å². The fourth-order valence-corrected chi connectivity index (χ4v) is 2.58. The second-order valence-electron chi connectivity index (χ2n) is 5.85. The average Bonchev–Trinajstić information content (AvgIpc) is 2.79. The SMILES string of the molecule is CC[C@@](C)(NC(=O)c1cc(C)nc2c1c(C)nn2C)C(=O)OC. The van der Waals surface area contributed by atoms with Gasteiger partial charge in [0, 0.05) is 12.7 Å². The zero-order chi connectivity index (χ0) is 17.4. The molecule has 1 N–H and O–H groups in total. The number of pyridine rings is 1. The first-order valence-corrected chi connectivity index (χ1v) is 7.45. The van der Waals surface area contributed by atoms with Crippen LogP contribution in [0, 0.1) is 13.8 Å². The molecule has 7 heteroatoms. The molecule has 2 heterocycles. The molecular weight excluding hydrogens is 296 g/mol. The summed E-state index contributed by atoms with van der Waals surface area (Å²) in [5.41, 5.74) is 1.45. The van der Waals surface area contributed by atoms with E-state index in [0.717, 1.165) is 5.69 Å². The number of methoxy groups -OCH3 is 1. The van der Waals surface area contributed by atoms with Crippen LogP contribution in [0.2, 0.25) is 0 Å². The van der Waals surface area contributed by atoms with Crippen molar-refractivity contribution in [3.63, 3.8) is 0 Å². The van der Waals surface area contributed by atoms with Gasteiger partial charge in [0.2, 0.25) is 0 Å². The van der Waals surface area contributed by atoms with Gasteiger partial charge in [-0.05, 0) is 33.3 Å². The molecule has 0 bridgehead atoms. The highest BCUT2D eigenvalue weighted by Gasteiger charge is 2.35. The summed E-state index contributed by atoms with van der Waals surface area (Å²) in [5.74, 6) is -0.815. The average molecular weight is 318 g/mol. The zero-order valence-corrected chi connectivity index (χ0v) is 14.4. The normalized spacial score (nSPS) is 13.7. The highest BCUT2D eigenvalue weighted by Crippen LogP contribution is 2.23. The van der Waals surface area contributed by atoms with Crippen LogP contribution in [-0.2, 0) is 16.6 Å². The molecule has 2 rings (SSSR count). The Morgan fingerprint density at radius 1 is 1.39 bits per heavy atom. The van der Waals surface area contributed by atoms with Gasteiger partial charge in [0.1, 0.15) is 5.54 Å². The molecular formula is C16H22N4O3. The highest BCUT2D eigenvalue weighted by atomic mass is 16.5. The van der Waals surface area contributed by atoms with Crippen molar-refractivity contribution in [2.24, 2.45) is 7.05 Å². The van der Waals surface area contributed by atoms with E-state index in [0.29, 0.717) is 28.7 Å². The van der Waals surface area contributed by atoms with Gasteiger partial charge in [0.25, 0.3) is 5.91 Å². The van der Waals surface area contributed by atoms with Crippen LogP contribution in [0.4, 0.5) is 0 Å². The quantitative estimate of drug-likeness (QED) is 0.866. The Labute approximate surface area is 135 Å². The molecule has 0 aromatic carbocycles. The molecule has 2 aromatic rings. The summed E-state index contributed by atoms with van der Waals surface area (Å²) in [4.78, 5) is 29.2. The number of rotatable bonds is 4. The maximum atomic E-state index is 12.8. The summed E-state index contributed by atoms with van der Waals surface area (Å²) in [7, 11) is 3.09. The zero-order valence-electron chi connectivity index (χ0n) is 14.4. The number of amides is 1. The molecule has 1 amide bonds. The first-order valence-electron chi connectivity index (χ1n) is 7.45. The Morgan fingerprint density at radius 3 is 2.61 bits per heavy atom. The second kappa shape index (κ2) is 5.98. The first kappa shape index (κ1) is 16.9. The molecule has 1 atom stereocenters. The number of fused-ring (bicyclic) bond motifs is 1. The summed E-state index contributed by atoms with van der Waals surface area (Å²) in [5, 5.41) is 7.81. The maximum absolute atomic E-state index is 12.8. The number of nitrogens with one attached hydrogen (secondary N) is 1. The third kappa shape index (κ3) is 2.91. The van der Waals surface area contributed by atoms with Gasteiger partial charge in [-0.2, -0.15) is 5.10 Å². The lowest BCUT2D eigenvalue weighted by atomic mass is 9.98. The van der Waals surface area contributed by atoms with E-state index in [9.17, 15) is 9.59 Å². The van der Waals surface area contributed by atoms with E-state index in [4.69, 9.17) is 4.74 Å². The van der Waals surface area contributed by atoms with Crippen LogP contribution in [0.25, 0.3) is 11.0 Å². The Balaban J connectivity index is 2.52. The summed E-state index contributed by atoms with van der Waals surface area (Å²) >= 11 is 0. The van der Waals surface area contributed by atoms with Gasteiger partial charge in [-0.15, -0.1) is 0 Å². The van der Waals surface area contributed by atoms with Gasteiger partial charge in [-0.3, -0.25) is 9.48 Å². The Kier molecular flexibility index (Phi) is 4.40. The van der Waals surface area contributed by atoms with Gasteiger partial charge in [-0.1, -0.05) is 6.92 Å². The van der Waals surface area contributed by atoms with Gasteiger partial charge in [-0.25, -0.2) is 9.78 Å². The summed E-state index contributed by atoms with van der Waals surface area (Å²) in [6.45, 7) is 7.12. The largest absolute Gasteiger partial charge is 0.467 e. The molecule has 0 aliphatic carbocycles. The summed E-state index contributed by atoms with van der Waals surface area (Å²) < 4.78 is 6.45. The number of esters is 1. The number of nitrogens with zero attached hydrogens (tertiary/aromatic N) is 3. The van der Waals surface area contributed by atoms with E-state index in [1.807, 2.05) is 20.8 Å². The third-order valence-electron chi connectivity index (χ3n) is 4.07. The van der Waals surface area contributed by atoms with Crippen molar-refractivity contribution in [1.82, 2.24) is 20.1 Å². The molecule has 0 aliphatic rings. The standard InChI is InChI=1S/C16H22N4O3/c1-7-16(4,15(22)23-6)18-14(21)11-8-9(2)17-13-12(11)10(3)19-20(13)5/h8H,7H2,1-6H3,(H,18,21)/t16-/m1/s1. The van der Waals surface area contributed by atoms with Crippen molar-refractivity contribution in [2.45, 2.75) is 39.7 Å². The van der Waals surface area contributed by atoms with Crippen LogP contribution in [0.15, 0.2) is 6.07 Å². The highest BCUT2D eigenvalue weighted by molar-refractivity contribution is 6.08. The van der Waals surface area contributed by atoms with Crippen LogP contribution in [0.3, 0.4) is 0 Å². The fourth-order valence-electron chi connectivity index (χ4n) is 2.58. The van der Waals surface area contributed by atoms with Gasteiger partial charge in [0.15, 0.2) is 5.65 Å². The van der Waals surface area contributed by atoms with E-state index in [2.05, 4.69) is 15.4 Å². The van der Waals surface area contributed by atoms with Crippen LogP contribution >= 0.6 is 0 Å². The minimum Gasteiger partial charge on any atom is -0.467 e. The molecule has 0 saturated carbocycles. The minimum atomic E-state index is -1.08. The molecule has 0 fully saturated rings. The molecule has 7 nitrogen and oxygen atoms in total. The van der Waals surface area contributed by atoms with E-state index < -0.39 is 11.5 Å². The number of hydrogen-bond acceptors (Lipinski definition) is 5. The van der Waals surface area contributed by atoms with Crippen molar-refractivity contribution in [1.29, 1.82) is 0 Å². The van der Waals surface area contributed by atoms with Crippen LogP contribution in [0.1, 0.15) is 42.0 Å². The number of carbonyl (C=O) groups excluding carboxylic acids is 2. The van der Waals surface area contributed by atoms with Gasteiger partial charge >= 0.3 is 5.97 Å². The van der Waals surface area contributed by atoms with Crippen LogP contribution in [0.5, 0.6) is 0 Å². The van der Waals surface area contributed by atoms with Crippen LogP contribution < -0.4 is 5.32 Å². The molecule has 23 heavy (non-hydrogen) atoms. The van der Waals surface area contributed by atoms with Gasteiger partial charge in [0.05, 0.1) is 23.8 Å². The van der Waals surface area contributed by atoms with E-state index in [-0.39, 0.29) is 5.91 Å². The lowest BCUT2D eigenvalue weighted by molar-refractivity contribution is -0.147. The predicted octanol–water partition coefficient (Wildman–Crippen LogP) is 1.66. The topological polar surface area (TPSA) is 86.1 Å². The van der Waals surface area contributed by atoms with Crippen molar-refractivity contribution in [2.75, 3.05) is 7.11 Å². The smallest absolute Gasteiger partial charge is 0.331 e. The van der Waals surface area contributed by atoms with E-state index >= 15 is 0 Å². The molecule has 0 radical (unpaired) electrons. The second-order valence-corrected chi connectivity index (χ2v) is 5.85. The lowest BCUT2D eigenvalue weighted by Gasteiger charge is -2.26.